The summed E-state index contributed by atoms with van der Waals surface area (Å²) in [6, 6.07) is 12.5. The monoisotopic (exact) mass is 666 g/mol. The number of ketones is 2. The van der Waals surface area contributed by atoms with Gasteiger partial charge < -0.3 is 15.3 Å². The van der Waals surface area contributed by atoms with Gasteiger partial charge in [0.25, 0.3) is 0 Å². The number of carbonyl (C=O) groups is 2. The van der Waals surface area contributed by atoms with Gasteiger partial charge in [-0.1, -0.05) is 124 Å². The number of unbranched alkanes of at least 4 members (excludes halogenated alkanes) is 3. The van der Waals surface area contributed by atoms with Crippen LogP contribution in [-0.4, -0.2) is 36.1 Å². The zero-order valence-corrected chi connectivity index (χ0v) is 32.8. The van der Waals surface area contributed by atoms with Crippen LogP contribution < -0.4 is 0 Å². The molecule has 3 unspecified atom stereocenters. The maximum Gasteiger partial charge on any atom is 0.159 e. The van der Waals surface area contributed by atoms with E-state index in [1.807, 2.05) is 65.0 Å². The molecule has 1 aliphatic carbocycles. The van der Waals surface area contributed by atoms with Crippen LogP contribution in [0.25, 0.3) is 6.08 Å². The molecule has 0 spiro atoms. The largest absolute Gasteiger partial charge is 0.508 e. The number of aromatic hydroxyl groups is 1. The number of ether oxygens (including phenoxy) is 1. The third kappa shape index (κ3) is 21.0. The first-order chi connectivity index (χ1) is 22.9. The fraction of sp³-hybridized carbons (Fsp3) is 0.605. The summed E-state index contributed by atoms with van der Waals surface area (Å²) in [6.07, 6.45) is 14.9. The zero-order chi connectivity index (χ0) is 37.1. The Morgan fingerprint density at radius 3 is 2.06 bits per heavy atom. The van der Waals surface area contributed by atoms with Gasteiger partial charge >= 0.3 is 0 Å². The van der Waals surface area contributed by atoms with Crippen molar-refractivity contribution in [3.8, 4) is 5.75 Å². The molecular weight excluding hydrogens is 594 g/mol. The molecule has 5 nitrogen and oxygen atoms in total. The Morgan fingerprint density at radius 1 is 0.958 bits per heavy atom. The number of phenols is 1. The van der Waals surface area contributed by atoms with Crippen molar-refractivity contribution in [2.45, 2.75) is 140 Å². The van der Waals surface area contributed by atoms with E-state index >= 15 is 0 Å². The van der Waals surface area contributed by atoms with Crippen molar-refractivity contribution >= 4 is 23.4 Å². The molecule has 0 saturated heterocycles. The second-order valence-corrected chi connectivity index (χ2v) is 12.6. The quantitative estimate of drug-likeness (QED) is 0.0964. The van der Waals surface area contributed by atoms with Gasteiger partial charge in [-0.05, 0) is 105 Å². The van der Waals surface area contributed by atoms with Gasteiger partial charge in [-0.25, -0.2) is 0 Å². The molecule has 0 bridgehead atoms. The van der Waals surface area contributed by atoms with Gasteiger partial charge in [-0.15, -0.1) is 0 Å². The molecule has 2 N–H and O–H groups in total. The van der Waals surface area contributed by atoms with Crippen molar-refractivity contribution in [3.63, 3.8) is 0 Å². The van der Waals surface area contributed by atoms with Crippen LogP contribution in [0.1, 0.15) is 160 Å². The van der Waals surface area contributed by atoms with Crippen LogP contribution in [0.5, 0.6) is 5.75 Å². The molecule has 5 heteroatoms. The van der Waals surface area contributed by atoms with E-state index in [9.17, 15) is 14.7 Å². The minimum absolute atomic E-state index is 0.0671. The van der Waals surface area contributed by atoms with Crippen molar-refractivity contribution in [1.82, 2.24) is 0 Å². The molecule has 0 radical (unpaired) electrons. The summed E-state index contributed by atoms with van der Waals surface area (Å²) in [5.74, 6) is 2.60. The van der Waals surface area contributed by atoms with Crippen molar-refractivity contribution < 1.29 is 19.4 Å². The predicted molar refractivity (Wildman–Crippen MR) is 209 cm³/mol. The van der Waals surface area contributed by atoms with Crippen LogP contribution >= 0.6 is 0 Å². The van der Waals surface area contributed by atoms with Crippen LogP contribution in [0, 0.1) is 30.1 Å². The molecule has 3 atom stereocenters. The first kappa shape index (κ1) is 47.1. The number of methoxy groups -OCH3 is 1. The van der Waals surface area contributed by atoms with E-state index in [0.717, 1.165) is 47.1 Å². The van der Waals surface area contributed by atoms with E-state index in [2.05, 4.69) is 20.8 Å². The fourth-order valence-corrected chi connectivity index (χ4v) is 5.45. The fourth-order valence-electron chi connectivity index (χ4n) is 5.45. The second-order valence-electron chi connectivity index (χ2n) is 12.6. The molecule has 0 aliphatic heterocycles. The summed E-state index contributed by atoms with van der Waals surface area (Å²) in [4.78, 5) is 22.2. The van der Waals surface area contributed by atoms with Crippen LogP contribution in [0.4, 0.5) is 0 Å². The van der Waals surface area contributed by atoms with Crippen LogP contribution in [-0.2, 0) is 9.53 Å². The summed E-state index contributed by atoms with van der Waals surface area (Å²) >= 11 is 0. The normalized spacial score (nSPS) is 15.8. The summed E-state index contributed by atoms with van der Waals surface area (Å²) in [5, 5.41) is 17.4. The van der Waals surface area contributed by atoms with Gasteiger partial charge in [-0.2, -0.15) is 0 Å². The van der Waals surface area contributed by atoms with Crippen molar-refractivity contribution in [2.24, 2.45) is 17.8 Å². The molecule has 2 aromatic carbocycles. The topological polar surface area (TPSA) is 87.5 Å². The summed E-state index contributed by atoms with van der Waals surface area (Å²) in [7, 11) is 1.80. The zero-order valence-electron chi connectivity index (χ0n) is 32.8. The number of aryl methyl sites for hydroxylation is 1. The van der Waals surface area contributed by atoms with Crippen LogP contribution in [0.3, 0.4) is 0 Å². The van der Waals surface area contributed by atoms with E-state index in [1.54, 1.807) is 46.1 Å². The Bertz CT molecular complexity index is 1180. The number of nitrogens with one attached hydrogen (secondary N) is 1. The highest BCUT2D eigenvalue weighted by molar-refractivity contribution is 6.01. The maximum atomic E-state index is 11.2. The number of hydrogen-bond donors (Lipinski definition) is 2. The van der Waals surface area contributed by atoms with Gasteiger partial charge in [0, 0.05) is 25.0 Å². The average Bonchev–Trinajstić information content (AvgIpc) is 3.09. The molecule has 1 saturated carbocycles. The van der Waals surface area contributed by atoms with E-state index < -0.39 is 0 Å². The van der Waals surface area contributed by atoms with Gasteiger partial charge in [0.05, 0.1) is 0 Å². The average molecular weight is 666 g/mol. The van der Waals surface area contributed by atoms with Gasteiger partial charge in [0.15, 0.2) is 11.6 Å². The predicted octanol–water partition coefficient (Wildman–Crippen LogP) is 12.5. The Labute approximate surface area is 295 Å². The smallest absolute Gasteiger partial charge is 0.159 e. The van der Waals surface area contributed by atoms with Crippen LogP contribution in [0.2, 0.25) is 0 Å². The summed E-state index contributed by atoms with van der Waals surface area (Å²) in [6.45, 7) is 22.5. The lowest BCUT2D eigenvalue weighted by atomic mass is 9.81. The highest BCUT2D eigenvalue weighted by atomic mass is 16.5. The highest BCUT2D eigenvalue weighted by Gasteiger charge is 2.18. The lowest BCUT2D eigenvalue weighted by molar-refractivity contribution is -0.113. The molecule has 48 heavy (non-hydrogen) atoms. The highest BCUT2D eigenvalue weighted by Crippen LogP contribution is 2.30. The maximum absolute atomic E-state index is 11.2. The number of phenolic OH excluding ortho intramolecular Hbond substituents is 1. The molecule has 0 heterocycles. The SMILES string of the molecule is CC.CC.CC(=O)/C(C)=C/c1ccc(O)cc1C.CCCCCCC(C)C(=N)c1ccc(C(C)=O)cc1.COCCC1CCCC(C)C1. The van der Waals surface area contributed by atoms with E-state index in [-0.39, 0.29) is 17.3 Å². The first-order valence-corrected chi connectivity index (χ1v) is 18.6. The summed E-state index contributed by atoms with van der Waals surface area (Å²) < 4.78 is 5.08. The van der Waals surface area contributed by atoms with Crippen molar-refractivity contribution in [3.05, 3.63) is 70.3 Å². The Kier molecular flexibility index (Phi) is 28.4. The molecule has 1 fully saturated rings. The van der Waals surface area contributed by atoms with Gasteiger partial charge in [-0.3, -0.25) is 9.59 Å². The third-order valence-electron chi connectivity index (χ3n) is 8.54. The van der Waals surface area contributed by atoms with E-state index in [0.29, 0.717) is 17.2 Å². The number of Topliss-reactive ketones (excluding diaryl/α,β-unsaturated/α-hetero) is 2. The summed E-state index contributed by atoms with van der Waals surface area (Å²) in [5.41, 5.74) is 4.99. The van der Waals surface area contributed by atoms with Crippen molar-refractivity contribution in [1.29, 1.82) is 5.41 Å². The standard InChI is InChI=1S/C17H25NO.C12H14O2.C10H20O.2C2H6/c1-4-5-6-7-8-13(2)17(18)16-11-9-15(10-12-16)14(3)19;1-8(10(3)13)6-11-4-5-12(14)7-9(11)2;1-9-4-3-5-10(8-9)6-7-11-2;2*1-2/h9-13,18H,4-8H2,1-3H3;4-7,14H,1-3H3;9-10H,3-8H2,1-2H3;2*1-2H3/b;8-6+;;;. The number of hydrogen-bond acceptors (Lipinski definition) is 5. The third-order valence-corrected chi connectivity index (χ3v) is 8.54. The Balaban J connectivity index is 0. The number of carbonyl (C=O) groups excluding carboxylic acids is 2. The lowest BCUT2D eigenvalue weighted by Gasteiger charge is -2.26. The minimum atomic E-state index is 0.0671. The Morgan fingerprint density at radius 2 is 1.56 bits per heavy atom. The molecule has 272 valence electrons. The van der Waals surface area contributed by atoms with Gasteiger partial charge in [0.2, 0.25) is 0 Å². The molecule has 2 aromatic rings. The first-order valence-electron chi connectivity index (χ1n) is 18.6. The van der Waals surface area contributed by atoms with Crippen molar-refractivity contribution in [2.75, 3.05) is 13.7 Å². The molecule has 3 rings (SSSR count). The lowest BCUT2D eigenvalue weighted by Crippen LogP contribution is -2.14. The number of allylic oxidation sites excluding steroid dienone is 1. The minimum Gasteiger partial charge on any atom is -0.508 e. The molecule has 1 aliphatic rings. The molecule has 0 aromatic heterocycles. The number of benzene rings is 2. The van der Waals surface area contributed by atoms with Crippen LogP contribution in [0.15, 0.2) is 48.0 Å². The van der Waals surface area contributed by atoms with Gasteiger partial charge in [0.1, 0.15) is 5.75 Å². The molecular formula is C43H71NO4. The Hall–Kier alpha value is -3.05. The van der Waals surface area contributed by atoms with E-state index in [4.69, 9.17) is 10.1 Å². The second kappa shape index (κ2) is 28.9. The number of rotatable bonds is 13. The van der Waals surface area contributed by atoms with E-state index in [1.165, 1.54) is 57.8 Å². The molecule has 0 amide bonds.